The van der Waals surface area contributed by atoms with E-state index in [1.165, 1.54) is 0 Å². The van der Waals surface area contributed by atoms with Crippen LogP contribution in [0.2, 0.25) is 0 Å². The lowest BCUT2D eigenvalue weighted by molar-refractivity contribution is -0.132. The third-order valence-corrected chi connectivity index (χ3v) is 3.82. The van der Waals surface area contributed by atoms with Crippen molar-refractivity contribution in [2.45, 2.75) is 24.5 Å². The number of nitrogens with one attached hydrogen (secondary N) is 1. The molecular formula is C11H19N3O2. The van der Waals surface area contributed by atoms with Gasteiger partial charge in [0.1, 0.15) is 0 Å². The predicted octanol–water partition coefficient (Wildman–Crippen LogP) is -0.761. The first kappa shape index (κ1) is 10.5. The molecule has 0 bridgehead atoms. The van der Waals surface area contributed by atoms with Crippen molar-refractivity contribution in [3.8, 4) is 0 Å². The van der Waals surface area contributed by atoms with Gasteiger partial charge in [0.15, 0.2) is 0 Å². The number of carbonyl (C=O) groups is 1. The third kappa shape index (κ3) is 1.73. The van der Waals surface area contributed by atoms with Crippen LogP contribution in [0.4, 0.5) is 0 Å². The van der Waals surface area contributed by atoms with Crippen LogP contribution >= 0.6 is 0 Å². The minimum absolute atomic E-state index is 0.166. The summed E-state index contributed by atoms with van der Waals surface area (Å²) in [6, 6.07) is 0. The highest BCUT2D eigenvalue weighted by atomic mass is 16.5. The van der Waals surface area contributed by atoms with Gasteiger partial charge in [0, 0.05) is 19.6 Å². The summed E-state index contributed by atoms with van der Waals surface area (Å²) in [5, 5.41) is 3.31. The van der Waals surface area contributed by atoms with Gasteiger partial charge in [-0.2, -0.15) is 0 Å². The van der Waals surface area contributed by atoms with Gasteiger partial charge in [0.25, 0.3) is 0 Å². The van der Waals surface area contributed by atoms with E-state index in [1.807, 2.05) is 4.90 Å². The third-order valence-electron chi connectivity index (χ3n) is 3.82. The van der Waals surface area contributed by atoms with E-state index in [9.17, 15) is 4.79 Å². The van der Waals surface area contributed by atoms with Gasteiger partial charge < -0.3 is 14.5 Å². The Morgan fingerprint density at radius 1 is 1.56 bits per heavy atom. The van der Waals surface area contributed by atoms with Crippen LogP contribution in [0.5, 0.6) is 0 Å². The first-order valence-electron chi connectivity index (χ1n) is 6.04. The molecule has 3 fully saturated rings. The molecule has 3 aliphatic rings. The van der Waals surface area contributed by atoms with Crippen LogP contribution in [-0.4, -0.2) is 67.3 Å². The molecule has 1 amide bonds. The highest BCUT2D eigenvalue weighted by Gasteiger charge is 2.55. The summed E-state index contributed by atoms with van der Waals surface area (Å²) in [7, 11) is 2.10. The van der Waals surface area contributed by atoms with Crippen LogP contribution in [0.15, 0.2) is 0 Å². The number of hydrogen-bond donors (Lipinski definition) is 1. The number of rotatable bonds is 2. The van der Waals surface area contributed by atoms with Gasteiger partial charge in [-0.1, -0.05) is 0 Å². The van der Waals surface area contributed by atoms with Crippen molar-refractivity contribution in [2.75, 3.05) is 40.0 Å². The molecule has 2 aliphatic heterocycles. The smallest absolute Gasteiger partial charge is 0.244 e. The lowest BCUT2D eigenvalue weighted by Crippen LogP contribution is -2.47. The fourth-order valence-corrected chi connectivity index (χ4v) is 2.58. The lowest BCUT2D eigenvalue weighted by Gasteiger charge is -2.32. The zero-order valence-electron chi connectivity index (χ0n) is 9.74. The summed E-state index contributed by atoms with van der Waals surface area (Å²) >= 11 is 0. The summed E-state index contributed by atoms with van der Waals surface area (Å²) < 4.78 is 5.68. The second-order valence-corrected chi connectivity index (χ2v) is 5.20. The molecule has 5 heteroatoms. The van der Waals surface area contributed by atoms with Crippen molar-refractivity contribution >= 4 is 5.91 Å². The summed E-state index contributed by atoms with van der Waals surface area (Å²) in [4.78, 5) is 16.2. The average molecular weight is 225 g/mol. The van der Waals surface area contributed by atoms with Crippen molar-refractivity contribution in [1.29, 1.82) is 0 Å². The van der Waals surface area contributed by atoms with E-state index in [2.05, 4.69) is 17.3 Å². The van der Waals surface area contributed by atoms with Crippen LogP contribution < -0.4 is 5.32 Å². The quantitative estimate of drug-likeness (QED) is 0.671. The second kappa shape index (κ2) is 3.68. The fourth-order valence-electron chi connectivity index (χ4n) is 2.58. The number of morpholine rings is 1. The van der Waals surface area contributed by atoms with Gasteiger partial charge in [0.05, 0.1) is 24.9 Å². The normalized spacial score (nSPS) is 33.7. The molecule has 90 valence electrons. The Balaban J connectivity index is 1.57. The Morgan fingerprint density at radius 2 is 2.38 bits per heavy atom. The Bertz CT molecular complexity index is 304. The van der Waals surface area contributed by atoms with Crippen molar-refractivity contribution < 1.29 is 9.53 Å². The Kier molecular flexibility index (Phi) is 2.42. The fraction of sp³-hybridized carbons (Fsp3) is 0.909. The molecule has 0 aromatic heterocycles. The van der Waals surface area contributed by atoms with Crippen LogP contribution in [0, 0.1) is 0 Å². The first-order chi connectivity index (χ1) is 7.70. The molecule has 1 aliphatic carbocycles. The van der Waals surface area contributed by atoms with Gasteiger partial charge >= 0.3 is 0 Å². The van der Waals surface area contributed by atoms with Crippen LogP contribution in [0.25, 0.3) is 0 Å². The molecule has 0 aromatic carbocycles. The highest BCUT2D eigenvalue weighted by Crippen LogP contribution is 2.40. The Hall–Kier alpha value is -0.650. The second-order valence-electron chi connectivity index (χ2n) is 5.20. The van der Waals surface area contributed by atoms with E-state index in [4.69, 9.17) is 4.74 Å². The number of carbonyl (C=O) groups excluding carboxylic acids is 1. The largest absolute Gasteiger partial charge is 0.374 e. The Morgan fingerprint density at radius 3 is 3.00 bits per heavy atom. The lowest BCUT2D eigenvalue weighted by atomic mass is 10.2. The zero-order valence-corrected chi connectivity index (χ0v) is 9.74. The molecule has 5 nitrogen and oxygen atoms in total. The minimum atomic E-state index is -0.166. The summed E-state index contributed by atoms with van der Waals surface area (Å²) in [6.45, 7) is 4.13. The maximum Gasteiger partial charge on any atom is 0.244 e. The van der Waals surface area contributed by atoms with E-state index >= 15 is 0 Å². The first-order valence-corrected chi connectivity index (χ1v) is 6.04. The number of nitrogens with zero attached hydrogens (tertiary/aromatic N) is 2. The Labute approximate surface area is 95.7 Å². The molecule has 1 N–H and O–H groups in total. The van der Waals surface area contributed by atoms with E-state index < -0.39 is 0 Å². The summed E-state index contributed by atoms with van der Waals surface area (Å²) in [5.41, 5.74) is -0.166. The molecule has 0 radical (unpaired) electrons. The topological polar surface area (TPSA) is 44.8 Å². The number of amides is 1. The van der Waals surface area contributed by atoms with Crippen molar-refractivity contribution in [3.05, 3.63) is 0 Å². The van der Waals surface area contributed by atoms with E-state index in [1.54, 1.807) is 0 Å². The standard InChI is InChI=1S/C11H19N3O2/c1-13-4-5-16-9(6-13)7-14-8-12-11(2-3-11)10(14)15/h9,12H,2-8H2,1H3. The summed E-state index contributed by atoms with van der Waals surface area (Å²) in [6.07, 6.45) is 2.19. The van der Waals surface area contributed by atoms with Crippen LogP contribution in [0.3, 0.4) is 0 Å². The SMILES string of the molecule is CN1CCOC(CN2CNC3(CC3)C2=O)C1. The van der Waals surface area contributed by atoms with Gasteiger partial charge in [-0.15, -0.1) is 0 Å². The highest BCUT2D eigenvalue weighted by molar-refractivity contribution is 5.91. The zero-order chi connectivity index (χ0) is 11.2. The number of ether oxygens (including phenoxy) is 1. The van der Waals surface area contributed by atoms with E-state index in [0.29, 0.717) is 6.67 Å². The molecule has 1 spiro atoms. The molecule has 0 aromatic rings. The van der Waals surface area contributed by atoms with Crippen LogP contribution in [-0.2, 0) is 9.53 Å². The molecule has 2 heterocycles. The monoisotopic (exact) mass is 225 g/mol. The van der Waals surface area contributed by atoms with E-state index in [0.717, 1.165) is 39.1 Å². The van der Waals surface area contributed by atoms with Gasteiger partial charge in [0.2, 0.25) is 5.91 Å². The van der Waals surface area contributed by atoms with Crippen molar-refractivity contribution in [3.63, 3.8) is 0 Å². The molecule has 1 atom stereocenters. The molecule has 16 heavy (non-hydrogen) atoms. The van der Waals surface area contributed by atoms with Gasteiger partial charge in [-0.25, -0.2) is 0 Å². The number of hydrogen-bond acceptors (Lipinski definition) is 4. The molecule has 2 saturated heterocycles. The minimum Gasteiger partial charge on any atom is -0.374 e. The van der Waals surface area contributed by atoms with Crippen molar-refractivity contribution in [1.82, 2.24) is 15.1 Å². The molecule has 1 saturated carbocycles. The maximum absolute atomic E-state index is 12.0. The number of likely N-dealkylation sites (N-methyl/N-ethyl adjacent to an activating group) is 1. The maximum atomic E-state index is 12.0. The van der Waals surface area contributed by atoms with Gasteiger partial charge in [-0.3, -0.25) is 10.1 Å². The molecule has 1 unspecified atom stereocenters. The van der Waals surface area contributed by atoms with E-state index in [-0.39, 0.29) is 17.6 Å². The summed E-state index contributed by atoms with van der Waals surface area (Å²) in [5.74, 6) is 0.282. The van der Waals surface area contributed by atoms with Gasteiger partial charge in [-0.05, 0) is 19.9 Å². The van der Waals surface area contributed by atoms with Crippen molar-refractivity contribution in [2.24, 2.45) is 0 Å². The molecule has 3 rings (SSSR count). The molecular weight excluding hydrogens is 206 g/mol. The predicted molar refractivity (Wildman–Crippen MR) is 58.9 cm³/mol. The van der Waals surface area contributed by atoms with Crippen LogP contribution in [0.1, 0.15) is 12.8 Å². The average Bonchev–Trinajstić information content (AvgIpc) is 2.98.